The van der Waals surface area contributed by atoms with Gasteiger partial charge in [-0.05, 0) is 30.3 Å². The Labute approximate surface area is 122 Å². The zero-order chi connectivity index (χ0) is 14.5. The predicted octanol–water partition coefficient (Wildman–Crippen LogP) is 3.68. The summed E-state index contributed by atoms with van der Waals surface area (Å²) in [7, 11) is 1.59. The molecular formula is C16H14N2O3. The van der Waals surface area contributed by atoms with E-state index in [1.807, 2.05) is 54.6 Å². The van der Waals surface area contributed by atoms with E-state index in [0.29, 0.717) is 24.1 Å². The number of methoxy groups -OCH3 is 1. The molecule has 3 aromatic rings. The molecular weight excluding hydrogens is 268 g/mol. The second-order valence-electron chi connectivity index (χ2n) is 4.39. The van der Waals surface area contributed by atoms with E-state index >= 15 is 0 Å². The van der Waals surface area contributed by atoms with E-state index in [1.165, 1.54) is 0 Å². The number of aromatic nitrogens is 2. The van der Waals surface area contributed by atoms with Crippen molar-refractivity contribution in [1.82, 2.24) is 10.1 Å². The Morgan fingerprint density at radius 3 is 2.62 bits per heavy atom. The Hall–Kier alpha value is -2.66. The molecule has 5 heteroatoms. The number of nitrogens with zero attached hydrogens (tertiary/aromatic N) is 2. The highest BCUT2D eigenvalue weighted by atomic mass is 16.5. The second kappa shape index (κ2) is 6.19. The molecule has 2 aromatic carbocycles. The molecule has 0 radical (unpaired) electrons. The van der Waals surface area contributed by atoms with Crippen molar-refractivity contribution >= 4 is 0 Å². The molecule has 0 N–H and O–H groups in total. The van der Waals surface area contributed by atoms with Gasteiger partial charge < -0.3 is 14.0 Å². The van der Waals surface area contributed by atoms with Gasteiger partial charge in [-0.2, -0.15) is 4.98 Å². The summed E-state index contributed by atoms with van der Waals surface area (Å²) in [5.74, 6) is 2.45. The number of hydrogen-bond donors (Lipinski definition) is 0. The van der Waals surface area contributed by atoms with Gasteiger partial charge in [-0.15, -0.1) is 0 Å². The summed E-state index contributed by atoms with van der Waals surface area (Å²) >= 11 is 0. The number of rotatable bonds is 5. The van der Waals surface area contributed by atoms with Gasteiger partial charge in [-0.1, -0.05) is 29.4 Å². The zero-order valence-corrected chi connectivity index (χ0v) is 11.5. The lowest BCUT2D eigenvalue weighted by Crippen LogP contribution is -1.89. The average Bonchev–Trinajstić information content (AvgIpc) is 2.98. The quantitative estimate of drug-likeness (QED) is 0.714. The van der Waals surface area contributed by atoms with Crippen molar-refractivity contribution in [3.05, 3.63) is 60.4 Å². The van der Waals surface area contributed by atoms with Crippen LogP contribution in [0.15, 0.2) is 59.1 Å². The van der Waals surface area contributed by atoms with Gasteiger partial charge in [0.25, 0.3) is 5.89 Å². The van der Waals surface area contributed by atoms with Crippen molar-refractivity contribution in [3.63, 3.8) is 0 Å². The summed E-state index contributed by atoms with van der Waals surface area (Å²) < 4.78 is 16.0. The van der Waals surface area contributed by atoms with Gasteiger partial charge >= 0.3 is 0 Å². The molecule has 1 aromatic heterocycles. The zero-order valence-electron chi connectivity index (χ0n) is 11.5. The molecule has 0 saturated carbocycles. The van der Waals surface area contributed by atoms with Gasteiger partial charge in [-0.3, -0.25) is 0 Å². The van der Waals surface area contributed by atoms with E-state index in [1.54, 1.807) is 7.11 Å². The van der Waals surface area contributed by atoms with E-state index in [9.17, 15) is 0 Å². The van der Waals surface area contributed by atoms with Gasteiger partial charge in [0.2, 0.25) is 0 Å². The van der Waals surface area contributed by atoms with Crippen LogP contribution in [-0.4, -0.2) is 17.3 Å². The normalized spacial score (nSPS) is 10.5. The Bertz CT molecular complexity index is 710. The topological polar surface area (TPSA) is 57.4 Å². The highest BCUT2D eigenvalue weighted by Gasteiger charge is 2.09. The van der Waals surface area contributed by atoms with E-state index in [-0.39, 0.29) is 0 Å². The van der Waals surface area contributed by atoms with Gasteiger partial charge in [0, 0.05) is 12.7 Å². The molecule has 0 unspecified atom stereocenters. The van der Waals surface area contributed by atoms with Gasteiger partial charge in [-0.25, -0.2) is 0 Å². The van der Waals surface area contributed by atoms with Crippen molar-refractivity contribution in [2.75, 3.05) is 7.11 Å². The summed E-state index contributed by atoms with van der Waals surface area (Å²) in [6, 6.07) is 17.1. The van der Waals surface area contributed by atoms with Gasteiger partial charge in [0.05, 0.1) is 0 Å². The molecule has 0 atom stereocenters. The first-order valence-electron chi connectivity index (χ1n) is 6.50. The predicted molar refractivity (Wildman–Crippen MR) is 77.0 cm³/mol. The lowest BCUT2D eigenvalue weighted by atomic mass is 10.2. The second-order valence-corrected chi connectivity index (χ2v) is 4.39. The van der Waals surface area contributed by atoms with Crippen LogP contribution in [0.4, 0.5) is 0 Å². The standard InChI is InChI=1S/C16H14N2O3/c1-19-11-15-17-16(21-18-15)12-6-5-9-14(10-12)20-13-7-3-2-4-8-13/h2-10H,11H2,1H3. The van der Waals surface area contributed by atoms with E-state index in [0.717, 1.165) is 11.3 Å². The fraction of sp³-hybridized carbons (Fsp3) is 0.125. The molecule has 0 saturated heterocycles. The molecule has 0 spiro atoms. The first kappa shape index (κ1) is 13.3. The molecule has 0 aliphatic rings. The third-order valence-corrected chi connectivity index (χ3v) is 2.80. The molecule has 1 heterocycles. The minimum Gasteiger partial charge on any atom is -0.457 e. The summed E-state index contributed by atoms with van der Waals surface area (Å²) in [5, 5.41) is 3.84. The van der Waals surface area contributed by atoms with Crippen LogP contribution >= 0.6 is 0 Å². The Morgan fingerprint density at radius 2 is 1.81 bits per heavy atom. The lowest BCUT2D eigenvalue weighted by molar-refractivity contribution is 0.174. The lowest BCUT2D eigenvalue weighted by Gasteiger charge is -2.05. The van der Waals surface area contributed by atoms with Crippen LogP contribution in [0.3, 0.4) is 0 Å². The molecule has 0 aliphatic carbocycles. The molecule has 21 heavy (non-hydrogen) atoms. The SMILES string of the molecule is COCc1noc(-c2cccc(Oc3ccccc3)c2)n1. The van der Waals surface area contributed by atoms with E-state index < -0.39 is 0 Å². The van der Waals surface area contributed by atoms with Gasteiger partial charge in [0.1, 0.15) is 18.1 Å². The van der Waals surface area contributed by atoms with Crippen LogP contribution in [0.1, 0.15) is 5.82 Å². The van der Waals surface area contributed by atoms with Crippen molar-refractivity contribution in [2.45, 2.75) is 6.61 Å². The van der Waals surface area contributed by atoms with E-state index in [2.05, 4.69) is 10.1 Å². The minimum absolute atomic E-state index is 0.323. The maximum Gasteiger partial charge on any atom is 0.258 e. The van der Waals surface area contributed by atoms with Crippen LogP contribution in [0.5, 0.6) is 11.5 Å². The number of hydrogen-bond acceptors (Lipinski definition) is 5. The van der Waals surface area contributed by atoms with Crippen molar-refractivity contribution < 1.29 is 14.0 Å². The largest absolute Gasteiger partial charge is 0.457 e. The maximum absolute atomic E-state index is 5.78. The Morgan fingerprint density at radius 1 is 1.00 bits per heavy atom. The summed E-state index contributed by atoms with van der Waals surface area (Å²) in [4.78, 5) is 4.26. The van der Waals surface area contributed by atoms with Crippen LogP contribution < -0.4 is 4.74 Å². The number of ether oxygens (including phenoxy) is 2. The maximum atomic E-state index is 5.78. The van der Waals surface area contributed by atoms with Crippen LogP contribution in [-0.2, 0) is 11.3 Å². The first-order valence-corrected chi connectivity index (χ1v) is 6.50. The molecule has 3 rings (SSSR count). The summed E-state index contributed by atoms with van der Waals surface area (Å²) in [6.07, 6.45) is 0. The fourth-order valence-electron chi connectivity index (χ4n) is 1.88. The Balaban J connectivity index is 1.82. The van der Waals surface area contributed by atoms with Gasteiger partial charge in [0.15, 0.2) is 5.82 Å². The fourth-order valence-corrected chi connectivity index (χ4v) is 1.88. The third kappa shape index (κ3) is 3.27. The smallest absolute Gasteiger partial charge is 0.258 e. The average molecular weight is 282 g/mol. The summed E-state index contributed by atoms with van der Waals surface area (Å²) in [6.45, 7) is 0.323. The van der Waals surface area contributed by atoms with Crippen LogP contribution in [0, 0.1) is 0 Å². The van der Waals surface area contributed by atoms with Crippen molar-refractivity contribution in [1.29, 1.82) is 0 Å². The molecule has 106 valence electrons. The van der Waals surface area contributed by atoms with Crippen molar-refractivity contribution in [2.24, 2.45) is 0 Å². The minimum atomic E-state index is 0.323. The van der Waals surface area contributed by atoms with Crippen molar-refractivity contribution in [3.8, 4) is 23.0 Å². The highest BCUT2D eigenvalue weighted by Crippen LogP contribution is 2.26. The van der Waals surface area contributed by atoms with Crippen LogP contribution in [0.25, 0.3) is 11.5 Å². The molecule has 0 amide bonds. The Kier molecular flexibility index (Phi) is 3.93. The monoisotopic (exact) mass is 282 g/mol. The van der Waals surface area contributed by atoms with E-state index in [4.69, 9.17) is 14.0 Å². The molecule has 0 aliphatic heterocycles. The number of para-hydroxylation sites is 1. The van der Waals surface area contributed by atoms with Crippen LogP contribution in [0.2, 0.25) is 0 Å². The third-order valence-electron chi connectivity index (χ3n) is 2.80. The molecule has 0 fully saturated rings. The highest BCUT2D eigenvalue weighted by molar-refractivity contribution is 5.56. The molecule has 0 bridgehead atoms. The first-order chi connectivity index (χ1) is 10.3. The molecule has 5 nitrogen and oxygen atoms in total. The summed E-state index contributed by atoms with van der Waals surface area (Å²) in [5.41, 5.74) is 0.804. The number of benzene rings is 2.